The normalized spacial score (nSPS) is 17.0. The van der Waals surface area contributed by atoms with Crippen molar-refractivity contribution in [3.63, 3.8) is 0 Å². The van der Waals surface area contributed by atoms with Crippen molar-refractivity contribution in [1.29, 1.82) is 0 Å². The highest BCUT2D eigenvalue weighted by molar-refractivity contribution is 7.89. The van der Waals surface area contributed by atoms with Crippen LogP contribution in [-0.4, -0.2) is 37.8 Å². The van der Waals surface area contributed by atoms with Crippen LogP contribution < -0.4 is 11.1 Å². The number of carbonyl (C=O) groups excluding carboxylic acids is 1. The Morgan fingerprint density at radius 3 is 2.35 bits per heavy atom. The zero-order chi connectivity index (χ0) is 22.3. The molecule has 31 heavy (non-hydrogen) atoms. The fourth-order valence-electron chi connectivity index (χ4n) is 3.78. The molecule has 1 aliphatic carbocycles. The van der Waals surface area contributed by atoms with Crippen molar-refractivity contribution in [3.8, 4) is 0 Å². The lowest BCUT2D eigenvalue weighted by molar-refractivity contribution is 0.102. The first-order valence-corrected chi connectivity index (χ1v) is 11.2. The van der Waals surface area contributed by atoms with Crippen LogP contribution in [0.1, 0.15) is 34.3 Å². The smallest absolute Gasteiger partial charge is 0.256 e. The summed E-state index contributed by atoms with van der Waals surface area (Å²) in [6.07, 6.45) is 5.01. The van der Waals surface area contributed by atoms with E-state index in [1.54, 1.807) is 12.2 Å². The number of piperidine rings is 1. The minimum Gasteiger partial charge on any atom is -0.328 e. The minimum absolute atomic E-state index is 0.0351. The van der Waals surface area contributed by atoms with Crippen molar-refractivity contribution in [2.45, 2.75) is 30.2 Å². The fraction of sp³-hybridized carbons (Fsp3) is 0.286. The standard InChI is InChI=1S/C21H20F3N3O3S/c22-18-9-14(10-19(23)20(18)24)26-21(28)17-11-15(8-12-2-1-3-16(12)17)31(29,30)27-6-4-13(25)5-7-27/h1,3,8-11,13H,2,4-7,25H2,(H,26,28). The number of rotatable bonds is 4. The van der Waals surface area contributed by atoms with Crippen molar-refractivity contribution < 1.29 is 26.4 Å². The van der Waals surface area contributed by atoms with Crippen LogP contribution in [0, 0.1) is 17.5 Å². The number of fused-ring (bicyclic) bond motifs is 1. The van der Waals surface area contributed by atoms with Crippen LogP contribution in [-0.2, 0) is 16.4 Å². The first-order valence-electron chi connectivity index (χ1n) is 9.72. The number of sulfonamides is 1. The lowest BCUT2D eigenvalue weighted by atomic mass is 10.0. The Labute approximate surface area is 177 Å². The molecular weight excluding hydrogens is 431 g/mol. The van der Waals surface area contributed by atoms with Gasteiger partial charge in [0.2, 0.25) is 10.0 Å². The number of hydrogen-bond donors (Lipinski definition) is 2. The van der Waals surface area contributed by atoms with Crippen molar-refractivity contribution in [3.05, 3.63) is 64.5 Å². The zero-order valence-corrected chi connectivity index (χ0v) is 17.2. The molecule has 0 radical (unpaired) electrons. The summed E-state index contributed by atoms with van der Waals surface area (Å²) in [6, 6.07) is 4.05. The predicted molar refractivity (Wildman–Crippen MR) is 109 cm³/mol. The Hall–Kier alpha value is -2.69. The van der Waals surface area contributed by atoms with Gasteiger partial charge in [0, 0.05) is 42.5 Å². The van der Waals surface area contributed by atoms with Gasteiger partial charge in [-0.15, -0.1) is 0 Å². The molecule has 0 saturated carbocycles. The molecule has 10 heteroatoms. The molecule has 0 aromatic heterocycles. The number of hydrogen-bond acceptors (Lipinski definition) is 4. The quantitative estimate of drug-likeness (QED) is 0.699. The summed E-state index contributed by atoms with van der Waals surface area (Å²) in [5.74, 6) is -5.29. The molecule has 2 aromatic rings. The SMILES string of the molecule is NC1CCN(S(=O)(=O)c2cc3c(c(C(=O)Nc4cc(F)c(F)c(F)c4)c2)C=CC3)CC1. The molecule has 0 unspecified atom stereocenters. The van der Waals surface area contributed by atoms with Gasteiger partial charge >= 0.3 is 0 Å². The van der Waals surface area contributed by atoms with Crippen LogP contribution in [0.3, 0.4) is 0 Å². The monoisotopic (exact) mass is 451 g/mol. The molecule has 2 aromatic carbocycles. The van der Waals surface area contributed by atoms with Gasteiger partial charge in [-0.05, 0) is 42.5 Å². The van der Waals surface area contributed by atoms with E-state index in [1.807, 2.05) is 0 Å². The van der Waals surface area contributed by atoms with Crippen LogP contribution in [0.4, 0.5) is 18.9 Å². The second kappa shape index (κ2) is 8.10. The summed E-state index contributed by atoms with van der Waals surface area (Å²) in [4.78, 5) is 12.8. The Bertz CT molecular complexity index is 1170. The number of halogens is 3. The van der Waals surface area contributed by atoms with E-state index in [-0.39, 0.29) is 35.3 Å². The maximum absolute atomic E-state index is 13.5. The summed E-state index contributed by atoms with van der Waals surface area (Å²) in [7, 11) is -3.85. The Morgan fingerprint density at radius 1 is 1.06 bits per heavy atom. The summed E-state index contributed by atoms with van der Waals surface area (Å²) in [5, 5.41) is 2.32. The number of anilines is 1. The molecule has 1 aliphatic heterocycles. The van der Waals surface area contributed by atoms with E-state index in [0.29, 0.717) is 42.5 Å². The van der Waals surface area contributed by atoms with Gasteiger partial charge in [-0.2, -0.15) is 4.31 Å². The predicted octanol–water partition coefficient (Wildman–Crippen LogP) is 3.04. The molecule has 3 N–H and O–H groups in total. The van der Waals surface area contributed by atoms with E-state index in [9.17, 15) is 26.4 Å². The molecule has 1 fully saturated rings. The van der Waals surface area contributed by atoms with E-state index in [0.717, 1.165) is 0 Å². The summed E-state index contributed by atoms with van der Waals surface area (Å²) < 4.78 is 67.8. The number of nitrogens with zero attached hydrogens (tertiary/aromatic N) is 1. The van der Waals surface area contributed by atoms with E-state index >= 15 is 0 Å². The number of nitrogens with one attached hydrogen (secondary N) is 1. The molecule has 2 aliphatic rings. The number of benzene rings is 2. The van der Waals surface area contributed by atoms with Gasteiger partial charge in [-0.3, -0.25) is 4.79 Å². The van der Waals surface area contributed by atoms with Gasteiger partial charge in [0.15, 0.2) is 17.5 Å². The van der Waals surface area contributed by atoms with E-state index < -0.39 is 33.4 Å². The molecule has 6 nitrogen and oxygen atoms in total. The molecule has 1 heterocycles. The third-order valence-corrected chi connectivity index (χ3v) is 7.36. The average molecular weight is 451 g/mol. The van der Waals surface area contributed by atoms with Gasteiger partial charge in [-0.1, -0.05) is 12.2 Å². The highest BCUT2D eigenvalue weighted by atomic mass is 32.2. The van der Waals surface area contributed by atoms with Crippen molar-refractivity contribution >= 4 is 27.7 Å². The summed E-state index contributed by atoms with van der Waals surface area (Å²) in [6.45, 7) is 0.572. The highest BCUT2D eigenvalue weighted by Gasteiger charge is 2.30. The second-order valence-corrected chi connectivity index (χ2v) is 9.54. The van der Waals surface area contributed by atoms with Crippen LogP contribution >= 0.6 is 0 Å². The maximum atomic E-state index is 13.5. The van der Waals surface area contributed by atoms with Crippen LogP contribution in [0.2, 0.25) is 0 Å². The molecule has 164 valence electrons. The van der Waals surface area contributed by atoms with Crippen molar-refractivity contribution in [1.82, 2.24) is 4.31 Å². The van der Waals surface area contributed by atoms with Gasteiger partial charge < -0.3 is 11.1 Å². The first kappa shape index (κ1) is 21.5. The van der Waals surface area contributed by atoms with Crippen molar-refractivity contribution in [2.75, 3.05) is 18.4 Å². The van der Waals surface area contributed by atoms with Gasteiger partial charge in [0.05, 0.1) is 4.90 Å². The summed E-state index contributed by atoms with van der Waals surface area (Å²) in [5.41, 5.74) is 6.80. The Balaban J connectivity index is 1.69. The zero-order valence-electron chi connectivity index (χ0n) is 16.4. The number of allylic oxidation sites excluding steroid dienone is 1. The molecule has 4 rings (SSSR count). The molecule has 1 amide bonds. The number of nitrogens with two attached hydrogens (primary N) is 1. The molecule has 0 atom stereocenters. The van der Waals surface area contributed by atoms with Crippen LogP contribution in [0.15, 0.2) is 35.2 Å². The minimum atomic E-state index is -3.85. The fourth-order valence-corrected chi connectivity index (χ4v) is 5.33. The molecule has 0 spiro atoms. The number of carbonyl (C=O) groups is 1. The highest BCUT2D eigenvalue weighted by Crippen LogP contribution is 2.30. The van der Waals surface area contributed by atoms with E-state index in [2.05, 4.69) is 5.32 Å². The van der Waals surface area contributed by atoms with Crippen molar-refractivity contribution in [2.24, 2.45) is 5.73 Å². The Kier molecular flexibility index (Phi) is 5.63. The Morgan fingerprint density at radius 2 is 1.71 bits per heavy atom. The third kappa shape index (κ3) is 4.10. The molecule has 0 bridgehead atoms. The van der Waals surface area contributed by atoms with Crippen LogP contribution in [0.5, 0.6) is 0 Å². The number of amides is 1. The molecule has 1 saturated heterocycles. The first-order chi connectivity index (χ1) is 14.7. The van der Waals surface area contributed by atoms with E-state index in [4.69, 9.17) is 5.73 Å². The maximum Gasteiger partial charge on any atom is 0.256 e. The lowest BCUT2D eigenvalue weighted by Crippen LogP contribution is -2.42. The largest absolute Gasteiger partial charge is 0.328 e. The third-order valence-electron chi connectivity index (χ3n) is 5.48. The second-order valence-electron chi connectivity index (χ2n) is 7.60. The van der Waals surface area contributed by atoms with E-state index in [1.165, 1.54) is 16.4 Å². The van der Waals surface area contributed by atoms with Gasteiger partial charge in [0.1, 0.15) is 0 Å². The average Bonchev–Trinajstić information content (AvgIpc) is 3.20. The van der Waals surface area contributed by atoms with Gasteiger partial charge in [0.25, 0.3) is 5.91 Å². The van der Waals surface area contributed by atoms with Crippen LogP contribution in [0.25, 0.3) is 6.08 Å². The topological polar surface area (TPSA) is 92.5 Å². The molecular formula is C21H20F3N3O3S. The summed E-state index contributed by atoms with van der Waals surface area (Å²) >= 11 is 0. The van der Waals surface area contributed by atoms with Gasteiger partial charge in [-0.25, -0.2) is 21.6 Å². The lowest BCUT2D eigenvalue weighted by Gasteiger charge is -2.29.